The molecule has 4 rings (SSSR count). The smallest absolute Gasteiger partial charge is 0.223 e. The molecule has 7 nitrogen and oxygen atoms in total. The number of hydrogen-bond acceptors (Lipinski definition) is 4. The van der Waals surface area contributed by atoms with E-state index in [2.05, 4.69) is 20.3 Å². The highest BCUT2D eigenvalue weighted by atomic mass is 16.2. The fourth-order valence-corrected chi connectivity index (χ4v) is 3.02. The van der Waals surface area contributed by atoms with E-state index in [-0.39, 0.29) is 5.91 Å². The maximum Gasteiger partial charge on any atom is 0.223 e. The van der Waals surface area contributed by atoms with Gasteiger partial charge in [-0.25, -0.2) is 9.67 Å². The molecular formula is C17H18N6O. The van der Waals surface area contributed by atoms with Gasteiger partial charge in [0.15, 0.2) is 0 Å². The molecule has 0 radical (unpaired) electrons. The molecule has 24 heavy (non-hydrogen) atoms. The Morgan fingerprint density at radius 1 is 1.25 bits per heavy atom. The van der Waals surface area contributed by atoms with Crippen molar-refractivity contribution >= 4 is 5.91 Å². The number of para-hydroxylation sites is 1. The van der Waals surface area contributed by atoms with Crippen molar-refractivity contribution in [1.82, 2.24) is 29.9 Å². The molecule has 0 saturated heterocycles. The van der Waals surface area contributed by atoms with Crippen LogP contribution in [0.1, 0.15) is 23.5 Å². The molecule has 0 atom stereocenters. The van der Waals surface area contributed by atoms with Crippen LogP contribution in [0.3, 0.4) is 0 Å². The SMILES string of the molecule is O=C(CCc1cnc[nH]1)N1CCc2c(nnn2-c2ccccc2)C1. The number of aryl methyl sites for hydroxylation is 1. The van der Waals surface area contributed by atoms with Crippen LogP contribution < -0.4 is 0 Å². The molecule has 1 amide bonds. The second-order valence-corrected chi connectivity index (χ2v) is 5.87. The van der Waals surface area contributed by atoms with Crippen molar-refractivity contribution in [3.63, 3.8) is 0 Å². The zero-order chi connectivity index (χ0) is 16.4. The Bertz CT molecular complexity index is 824. The summed E-state index contributed by atoms with van der Waals surface area (Å²) in [4.78, 5) is 21.3. The van der Waals surface area contributed by atoms with Gasteiger partial charge < -0.3 is 9.88 Å². The van der Waals surface area contributed by atoms with E-state index in [0.717, 1.165) is 29.2 Å². The van der Waals surface area contributed by atoms with Crippen LogP contribution in [0.25, 0.3) is 5.69 Å². The molecule has 7 heteroatoms. The zero-order valence-corrected chi connectivity index (χ0v) is 13.2. The maximum atomic E-state index is 12.4. The first-order valence-electron chi connectivity index (χ1n) is 8.05. The van der Waals surface area contributed by atoms with Crippen molar-refractivity contribution in [3.8, 4) is 5.69 Å². The van der Waals surface area contributed by atoms with E-state index in [4.69, 9.17) is 0 Å². The Kier molecular flexibility index (Phi) is 3.82. The van der Waals surface area contributed by atoms with Crippen LogP contribution in [-0.4, -0.2) is 42.3 Å². The van der Waals surface area contributed by atoms with Crippen LogP contribution >= 0.6 is 0 Å². The summed E-state index contributed by atoms with van der Waals surface area (Å²) in [6, 6.07) is 9.97. The molecule has 2 aromatic heterocycles. The van der Waals surface area contributed by atoms with E-state index in [1.807, 2.05) is 39.9 Å². The van der Waals surface area contributed by atoms with Gasteiger partial charge in [-0.15, -0.1) is 5.10 Å². The lowest BCUT2D eigenvalue weighted by Crippen LogP contribution is -2.36. The van der Waals surface area contributed by atoms with Crippen LogP contribution in [0.15, 0.2) is 42.9 Å². The number of aromatic amines is 1. The van der Waals surface area contributed by atoms with Gasteiger partial charge in [0.2, 0.25) is 5.91 Å². The number of imidazole rings is 1. The van der Waals surface area contributed by atoms with E-state index in [1.165, 1.54) is 0 Å². The number of carbonyl (C=O) groups excluding carboxylic acids is 1. The number of nitrogens with zero attached hydrogens (tertiary/aromatic N) is 5. The lowest BCUT2D eigenvalue weighted by molar-refractivity contribution is -0.132. The van der Waals surface area contributed by atoms with Crippen molar-refractivity contribution < 1.29 is 4.79 Å². The van der Waals surface area contributed by atoms with Crippen LogP contribution in [0.5, 0.6) is 0 Å². The first kappa shape index (κ1) is 14.6. The molecule has 1 aliphatic rings. The van der Waals surface area contributed by atoms with Crippen LogP contribution in [0, 0.1) is 0 Å². The van der Waals surface area contributed by atoms with Crippen molar-refractivity contribution in [2.24, 2.45) is 0 Å². The Morgan fingerprint density at radius 3 is 2.92 bits per heavy atom. The lowest BCUT2D eigenvalue weighted by atomic mass is 10.1. The molecule has 0 saturated carbocycles. The van der Waals surface area contributed by atoms with Gasteiger partial charge in [-0.2, -0.15) is 0 Å². The average molecular weight is 322 g/mol. The van der Waals surface area contributed by atoms with Crippen molar-refractivity contribution in [3.05, 3.63) is 59.9 Å². The van der Waals surface area contributed by atoms with Crippen LogP contribution in [-0.2, 0) is 24.2 Å². The number of benzene rings is 1. The van der Waals surface area contributed by atoms with E-state index in [0.29, 0.717) is 25.9 Å². The zero-order valence-electron chi connectivity index (χ0n) is 13.2. The number of aromatic nitrogens is 5. The highest BCUT2D eigenvalue weighted by molar-refractivity contribution is 5.76. The highest BCUT2D eigenvalue weighted by Crippen LogP contribution is 2.20. The summed E-state index contributed by atoms with van der Waals surface area (Å²) in [6.45, 7) is 1.24. The van der Waals surface area contributed by atoms with Gasteiger partial charge in [0.25, 0.3) is 0 Å². The molecule has 0 spiro atoms. The summed E-state index contributed by atoms with van der Waals surface area (Å²) in [5.41, 5.74) is 3.97. The van der Waals surface area contributed by atoms with Gasteiger partial charge in [-0.05, 0) is 18.6 Å². The first-order valence-corrected chi connectivity index (χ1v) is 8.05. The fraction of sp³-hybridized carbons (Fsp3) is 0.294. The molecule has 0 fully saturated rings. The van der Waals surface area contributed by atoms with Crippen molar-refractivity contribution in [2.45, 2.75) is 25.8 Å². The second-order valence-electron chi connectivity index (χ2n) is 5.87. The summed E-state index contributed by atoms with van der Waals surface area (Å²) in [5.74, 6) is 0.143. The number of rotatable bonds is 4. The first-order chi connectivity index (χ1) is 11.8. The van der Waals surface area contributed by atoms with Gasteiger partial charge >= 0.3 is 0 Å². The third-order valence-corrected chi connectivity index (χ3v) is 4.32. The Morgan fingerprint density at radius 2 is 2.12 bits per heavy atom. The van der Waals surface area contributed by atoms with E-state index in [1.54, 1.807) is 12.5 Å². The molecular weight excluding hydrogens is 304 g/mol. The second kappa shape index (κ2) is 6.27. The Hall–Kier alpha value is -2.96. The molecule has 1 aromatic carbocycles. The largest absolute Gasteiger partial charge is 0.348 e. The monoisotopic (exact) mass is 322 g/mol. The number of hydrogen-bond donors (Lipinski definition) is 1. The molecule has 0 unspecified atom stereocenters. The molecule has 1 N–H and O–H groups in total. The van der Waals surface area contributed by atoms with E-state index < -0.39 is 0 Å². The molecule has 0 bridgehead atoms. The number of nitrogens with one attached hydrogen (secondary N) is 1. The fourth-order valence-electron chi connectivity index (χ4n) is 3.02. The van der Waals surface area contributed by atoms with Gasteiger partial charge in [0.1, 0.15) is 5.69 Å². The molecule has 3 aromatic rings. The number of fused-ring (bicyclic) bond motifs is 1. The third kappa shape index (κ3) is 2.80. The number of amides is 1. The normalized spacial score (nSPS) is 13.8. The minimum Gasteiger partial charge on any atom is -0.348 e. The number of carbonyl (C=O) groups is 1. The molecule has 0 aliphatic carbocycles. The Balaban J connectivity index is 1.45. The van der Waals surface area contributed by atoms with E-state index in [9.17, 15) is 4.79 Å². The quantitative estimate of drug-likeness (QED) is 0.789. The third-order valence-electron chi connectivity index (χ3n) is 4.32. The summed E-state index contributed by atoms with van der Waals surface area (Å²) in [7, 11) is 0. The summed E-state index contributed by atoms with van der Waals surface area (Å²) in [6.07, 6.45) is 5.32. The highest BCUT2D eigenvalue weighted by Gasteiger charge is 2.25. The number of H-pyrrole nitrogens is 1. The average Bonchev–Trinajstić information content (AvgIpc) is 3.29. The molecule has 3 heterocycles. The van der Waals surface area contributed by atoms with Gasteiger partial charge in [0.05, 0.1) is 24.3 Å². The van der Waals surface area contributed by atoms with Gasteiger partial charge in [0, 0.05) is 31.3 Å². The predicted octanol–water partition coefficient (Wildman–Crippen LogP) is 1.51. The lowest BCUT2D eigenvalue weighted by Gasteiger charge is -2.26. The van der Waals surface area contributed by atoms with Gasteiger partial charge in [-0.1, -0.05) is 23.4 Å². The van der Waals surface area contributed by atoms with Gasteiger partial charge in [-0.3, -0.25) is 4.79 Å². The standard InChI is InChI=1S/C17H18N6O/c24-17(7-6-13-10-18-12-19-13)22-9-8-16-15(11-22)20-21-23(16)14-4-2-1-3-5-14/h1-5,10,12H,6-9,11H2,(H,18,19). The topological polar surface area (TPSA) is 79.7 Å². The Labute approximate surface area is 139 Å². The summed E-state index contributed by atoms with van der Waals surface area (Å²) >= 11 is 0. The minimum absolute atomic E-state index is 0.143. The summed E-state index contributed by atoms with van der Waals surface area (Å²) < 4.78 is 1.88. The van der Waals surface area contributed by atoms with Crippen LogP contribution in [0.2, 0.25) is 0 Å². The molecule has 1 aliphatic heterocycles. The van der Waals surface area contributed by atoms with Crippen molar-refractivity contribution in [2.75, 3.05) is 6.54 Å². The van der Waals surface area contributed by atoms with Crippen molar-refractivity contribution in [1.29, 1.82) is 0 Å². The maximum absolute atomic E-state index is 12.4. The predicted molar refractivity (Wildman–Crippen MR) is 87.4 cm³/mol. The van der Waals surface area contributed by atoms with Crippen LogP contribution in [0.4, 0.5) is 0 Å². The minimum atomic E-state index is 0.143. The molecule has 122 valence electrons. The summed E-state index contributed by atoms with van der Waals surface area (Å²) in [5, 5.41) is 8.54. The van der Waals surface area contributed by atoms with E-state index >= 15 is 0 Å².